The molecule has 1 heterocycles. The second-order valence-corrected chi connectivity index (χ2v) is 12.2. The fourth-order valence-electron chi connectivity index (χ4n) is 2.35. The largest absolute Gasteiger partial charge is 0.392 e. The zero-order valence-corrected chi connectivity index (χ0v) is 13.2. The van der Waals surface area contributed by atoms with Crippen LogP contribution in [0.15, 0.2) is 6.20 Å². The number of hydrogen-bond acceptors (Lipinski definition) is 4. The summed E-state index contributed by atoms with van der Waals surface area (Å²) in [6, 6.07) is 1.16. The summed E-state index contributed by atoms with van der Waals surface area (Å²) in [6.45, 7) is 8.19. The monoisotopic (exact) mass is 283 g/mol. The summed E-state index contributed by atoms with van der Waals surface area (Å²) >= 11 is 0. The molecule has 1 aromatic rings. The number of hydrogen-bond donors (Lipinski definition) is 1. The van der Waals surface area contributed by atoms with Gasteiger partial charge in [-0.15, -0.1) is 0 Å². The molecular formula is C13H25N3O2Si. The van der Waals surface area contributed by atoms with Gasteiger partial charge in [-0.05, 0) is 18.9 Å². The predicted molar refractivity (Wildman–Crippen MR) is 76.7 cm³/mol. The van der Waals surface area contributed by atoms with Crippen molar-refractivity contribution in [3.05, 3.63) is 11.9 Å². The van der Waals surface area contributed by atoms with Crippen LogP contribution in [0.4, 0.5) is 0 Å². The fourth-order valence-corrected chi connectivity index (χ4v) is 3.11. The highest BCUT2D eigenvalue weighted by Gasteiger charge is 2.28. The molecule has 0 aromatic carbocycles. The highest BCUT2D eigenvalue weighted by Crippen LogP contribution is 2.32. The lowest BCUT2D eigenvalue weighted by Gasteiger charge is -2.15. The second kappa shape index (κ2) is 6.15. The summed E-state index contributed by atoms with van der Waals surface area (Å²) in [4.78, 5) is 1.59. The Morgan fingerprint density at radius 2 is 2.21 bits per heavy atom. The van der Waals surface area contributed by atoms with Gasteiger partial charge in [0.1, 0.15) is 0 Å². The lowest BCUT2D eigenvalue weighted by Crippen LogP contribution is -2.22. The van der Waals surface area contributed by atoms with Crippen LogP contribution in [-0.2, 0) is 11.5 Å². The topological polar surface area (TPSA) is 60.2 Å². The number of aliphatic hydroxyl groups excluding tert-OH is 1. The fraction of sp³-hybridized carbons (Fsp3) is 0.846. The first kappa shape index (κ1) is 14.7. The van der Waals surface area contributed by atoms with E-state index < -0.39 is 8.07 Å². The van der Waals surface area contributed by atoms with E-state index in [0.29, 0.717) is 6.73 Å². The molecule has 5 nitrogen and oxygen atoms in total. The number of ether oxygens (including phenoxy) is 1. The predicted octanol–water partition coefficient (Wildman–Crippen LogP) is 2.22. The summed E-state index contributed by atoms with van der Waals surface area (Å²) in [6.07, 6.45) is 4.48. The van der Waals surface area contributed by atoms with Gasteiger partial charge >= 0.3 is 0 Å². The Hall–Kier alpha value is -0.723. The molecule has 0 bridgehead atoms. The van der Waals surface area contributed by atoms with Crippen LogP contribution in [0.25, 0.3) is 0 Å². The summed E-state index contributed by atoms with van der Waals surface area (Å²) in [5.74, 6) is 0.163. The molecule has 0 saturated heterocycles. The van der Waals surface area contributed by atoms with E-state index in [0.717, 1.165) is 37.6 Å². The third-order valence-electron chi connectivity index (χ3n) is 3.62. The zero-order valence-electron chi connectivity index (χ0n) is 12.2. The Kier molecular flexibility index (Phi) is 4.75. The summed E-state index contributed by atoms with van der Waals surface area (Å²) < 4.78 is 5.61. The van der Waals surface area contributed by atoms with Crippen molar-refractivity contribution in [2.75, 3.05) is 6.61 Å². The first-order valence-electron chi connectivity index (χ1n) is 7.11. The Morgan fingerprint density at radius 1 is 1.42 bits per heavy atom. The lowest BCUT2D eigenvalue weighted by molar-refractivity contribution is 0.0678. The van der Waals surface area contributed by atoms with E-state index in [1.54, 1.807) is 11.0 Å². The van der Waals surface area contributed by atoms with E-state index in [2.05, 4.69) is 29.8 Å². The van der Waals surface area contributed by atoms with Gasteiger partial charge in [0.05, 0.1) is 18.0 Å². The zero-order chi connectivity index (χ0) is 13.9. The molecule has 108 valence electrons. The molecule has 1 aromatic heterocycles. The van der Waals surface area contributed by atoms with Gasteiger partial charge in [0.2, 0.25) is 0 Å². The molecule has 1 saturated carbocycles. The molecule has 2 rings (SSSR count). The van der Waals surface area contributed by atoms with E-state index in [-0.39, 0.29) is 12.0 Å². The van der Waals surface area contributed by atoms with Gasteiger partial charge in [-0.25, -0.2) is 0 Å². The van der Waals surface area contributed by atoms with Crippen molar-refractivity contribution in [3.8, 4) is 0 Å². The maximum absolute atomic E-state index is 9.85. The van der Waals surface area contributed by atoms with Gasteiger partial charge in [-0.3, -0.25) is 0 Å². The molecule has 0 amide bonds. The highest BCUT2D eigenvalue weighted by atomic mass is 28.3. The van der Waals surface area contributed by atoms with Crippen molar-refractivity contribution in [2.24, 2.45) is 0 Å². The number of aliphatic hydroxyl groups is 1. The van der Waals surface area contributed by atoms with Crippen LogP contribution in [-0.4, -0.2) is 40.9 Å². The minimum Gasteiger partial charge on any atom is -0.392 e. The normalized spacial score (nSPS) is 24.0. The third-order valence-corrected chi connectivity index (χ3v) is 5.32. The van der Waals surface area contributed by atoms with Crippen molar-refractivity contribution in [3.63, 3.8) is 0 Å². The van der Waals surface area contributed by atoms with E-state index >= 15 is 0 Å². The minimum atomic E-state index is -1.03. The van der Waals surface area contributed by atoms with Gasteiger partial charge in [0, 0.05) is 20.6 Å². The van der Waals surface area contributed by atoms with Crippen molar-refractivity contribution in [2.45, 2.75) is 63.7 Å². The maximum Gasteiger partial charge on any atom is 0.158 e. The molecule has 0 radical (unpaired) electrons. The smallest absolute Gasteiger partial charge is 0.158 e. The average Bonchev–Trinajstić information content (AvgIpc) is 2.91. The van der Waals surface area contributed by atoms with Crippen LogP contribution in [0, 0.1) is 0 Å². The van der Waals surface area contributed by atoms with Crippen molar-refractivity contribution < 1.29 is 9.84 Å². The molecule has 1 aliphatic carbocycles. The van der Waals surface area contributed by atoms with Gasteiger partial charge in [-0.1, -0.05) is 26.1 Å². The molecule has 19 heavy (non-hydrogen) atoms. The molecule has 0 spiro atoms. The number of aromatic nitrogens is 3. The van der Waals surface area contributed by atoms with Crippen LogP contribution >= 0.6 is 0 Å². The molecule has 6 heteroatoms. The van der Waals surface area contributed by atoms with Crippen LogP contribution in [0.2, 0.25) is 25.7 Å². The Bertz CT molecular complexity index is 403. The quantitative estimate of drug-likeness (QED) is 0.642. The van der Waals surface area contributed by atoms with Gasteiger partial charge in [0.15, 0.2) is 6.73 Å². The van der Waals surface area contributed by atoms with Gasteiger partial charge in [-0.2, -0.15) is 15.0 Å². The van der Waals surface area contributed by atoms with Crippen molar-refractivity contribution in [1.29, 1.82) is 0 Å². The molecule has 2 unspecified atom stereocenters. The SMILES string of the molecule is C[Si](C)(C)CCOCn1ncc(C2CCCC2O)n1. The van der Waals surface area contributed by atoms with Gasteiger partial charge < -0.3 is 9.84 Å². The van der Waals surface area contributed by atoms with Crippen molar-refractivity contribution in [1.82, 2.24) is 15.0 Å². The molecule has 2 atom stereocenters. The van der Waals surface area contributed by atoms with E-state index in [1.807, 2.05) is 0 Å². The highest BCUT2D eigenvalue weighted by molar-refractivity contribution is 6.76. The lowest BCUT2D eigenvalue weighted by atomic mass is 10.0. The van der Waals surface area contributed by atoms with Crippen LogP contribution in [0.1, 0.15) is 30.9 Å². The van der Waals surface area contributed by atoms with Crippen LogP contribution in [0.3, 0.4) is 0 Å². The first-order chi connectivity index (χ1) is 8.96. The molecule has 1 aliphatic rings. The minimum absolute atomic E-state index is 0.163. The van der Waals surface area contributed by atoms with E-state index in [1.165, 1.54) is 0 Å². The first-order valence-corrected chi connectivity index (χ1v) is 10.8. The number of rotatable bonds is 6. The Morgan fingerprint density at radius 3 is 2.84 bits per heavy atom. The summed E-state index contributed by atoms with van der Waals surface area (Å²) in [7, 11) is -1.03. The molecule has 0 aliphatic heterocycles. The molecule has 1 N–H and O–H groups in total. The average molecular weight is 283 g/mol. The Balaban J connectivity index is 1.78. The summed E-state index contributed by atoms with van der Waals surface area (Å²) in [5.41, 5.74) is 0.902. The Labute approximate surface area is 116 Å². The van der Waals surface area contributed by atoms with E-state index in [4.69, 9.17) is 4.74 Å². The number of nitrogens with zero attached hydrogens (tertiary/aromatic N) is 3. The molecular weight excluding hydrogens is 258 g/mol. The van der Waals surface area contributed by atoms with Crippen LogP contribution < -0.4 is 0 Å². The van der Waals surface area contributed by atoms with E-state index in [9.17, 15) is 5.11 Å². The van der Waals surface area contributed by atoms with Crippen LogP contribution in [0.5, 0.6) is 0 Å². The van der Waals surface area contributed by atoms with Gasteiger partial charge in [0.25, 0.3) is 0 Å². The molecule has 1 fully saturated rings. The third kappa shape index (κ3) is 4.40. The second-order valence-electron chi connectivity index (χ2n) is 6.59. The van der Waals surface area contributed by atoms with Crippen molar-refractivity contribution >= 4 is 8.07 Å². The summed E-state index contributed by atoms with van der Waals surface area (Å²) in [5, 5.41) is 18.5. The maximum atomic E-state index is 9.85. The standard InChI is InChI=1S/C13H25N3O2Si/c1-19(2,3)8-7-18-10-16-14-9-12(15-16)11-5-4-6-13(11)17/h9,11,13,17H,4-8,10H2,1-3H3.